The van der Waals surface area contributed by atoms with Crippen LogP contribution >= 0.6 is 0 Å². The fourth-order valence-corrected chi connectivity index (χ4v) is 11.3. The number of piperidine rings is 3. The number of nitrogens with one attached hydrogen (secondary N) is 1. The summed E-state index contributed by atoms with van der Waals surface area (Å²) in [4.78, 5) is 49.5. The van der Waals surface area contributed by atoms with Crippen molar-refractivity contribution >= 4 is 46.4 Å². The molecule has 0 radical (unpaired) electrons. The summed E-state index contributed by atoms with van der Waals surface area (Å²) in [5.41, 5.74) is 11.9. The number of fused-ring (bicyclic) bond motifs is 1. The number of nitrogens with zero attached hydrogens (tertiary/aromatic N) is 8. The lowest BCUT2D eigenvalue weighted by Gasteiger charge is -2.47. The minimum atomic E-state index is -0.382. The Morgan fingerprint density at radius 2 is 1.61 bits per heavy atom. The number of phenolic OH excluding ortho intramolecular Hbond substituents is 1. The SMILES string of the molecule is C[C@H]1CCN(c2cc(-c3ccccc3O)nnc2N)CC[C@H]2C[N+]21c1cccc(OC2CCN(C(=O)N(C3CCN(c4cccc(N(C)C5CCC(=O)NC5=O)c4)CC3)C3COC3)CC2)c1. The second-order valence-electron chi connectivity index (χ2n) is 19.2. The topological polar surface area (TPSA) is 170 Å². The number of urea groups is 1. The van der Waals surface area contributed by atoms with E-state index < -0.39 is 0 Å². The lowest BCUT2D eigenvalue weighted by atomic mass is 9.99. The van der Waals surface area contributed by atoms with Crippen molar-refractivity contribution in [3.63, 3.8) is 0 Å². The number of benzene rings is 3. The van der Waals surface area contributed by atoms with Crippen molar-refractivity contribution in [2.45, 2.75) is 94.6 Å². The van der Waals surface area contributed by atoms with Crippen LogP contribution in [0.25, 0.3) is 11.3 Å². The van der Waals surface area contributed by atoms with Gasteiger partial charge in [-0.1, -0.05) is 24.3 Å². The van der Waals surface area contributed by atoms with E-state index in [1.165, 1.54) is 5.69 Å². The highest BCUT2D eigenvalue weighted by atomic mass is 16.5. The van der Waals surface area contributed by atoms with Gasteiger partial charge in [0.1, 0.15) is 41.9 Å². The molecule has 7 heterocycles. The maximum absolute atomic E-state index is 14.4. The van der Waals surface area contributed by atoms with Gasteiger partial charge in [-0.05, 0) is 74.7 Å². The highest BCUT2D eigenvalue weighted by Crippen LogP contribution is 2.47. The van der Waals surface area contributed by atoms with Crippen molar-refractivity contribution in [3.8, 4) is 22.8 Å². The van der Waals surface area contributed by atoms with Crippen LogP contribution in [0.4, 0.5) is 33.4 Å². The van der Waals surface area contributed by atoms with E-state index in [1.807, 2.05) is 47.2 Å². The third kappa shape index (κ3) is 8.56. The number of amides is 4. The van der Waals surface area contributed by atoms with Gasteiger partial charge in [-0.15, -0.1) is 10.2 Å². The number of likely N-dealkylation sites (N-methyl/N-ethyl adjacent to an activating group) is 1. The van der Waals surface area contributed by atoms with E-state index in [4.69, 9.17) is 15.2 Å². The van der Waals surface area contributed by atoms with Crippen LogP contribution in [0.3, 0.4) is 0 Å². The van der Waals surface area contributed by atoms with Crippen LogP contribution in [0.5, 0.6) is 11.5 Å². The van der Waals surface area contributed by atoms with E-state index in [-0.39, 0.29) is 47.8 Å². The predicted molar refractivity (Wildman–Crippen MR) is 255 cm³/mol. The zero-order valence-corrected chi connectivity index (χ0v) is 38.1. The molecule has 348 valence electrons. The molecule has 4 amide bonds. The molecule has 4 atom stereocenters. The van der Waals surface area contributed by atoms with Crippen LogP contribution in [0, 0.1) is 0 Å². The molecule has 10 rings (SSSR count). The van der Waals surface area contributed by atoms with Gasteiger partial charge in [-0.2, -0.15) is 0 Å². The first-order valence-electron chi connectivity index (χ1n) is 23.9. The quantitative estimate of drug-likeness (QED) is 0.106. The van der Waals surface area contributed by atoms with Crippen molar-refractivity contribution in [2.75, 3.05) is 86.5 Å². The largest absolute Gasteiger partial charge is 0.507 e. The zero-order chi connectivity index (χ0) is 45.5. The highest BCUT2D eigenvalue weighted by Gasteiger charge is 2.60. The summed E-state index contributed by atoms with van der Waals surface area (Å²) < 4.78 is 13.3. The summed E-state index contributed by atoms with van der Waals surface area (Å²) in [7, 11) is 1.91. The van der Waals surface area contributed by atoms with Gasteiger partial charge in [-0.3, -0.25) is 19.4 Å². The van der Waals surface area contributed by atoms with Crippen LogP contribution in [-0.4, -0.2) is 145 Å². The number of carbonyl (C=O) groups excluding carboxylic acids is 3. The summed E-state index contributed by atoms with van der Waals surface area (Å²) in [5.74, 6) is 1.00. The van der Waals surface area contributed by atoms with E-state index in [9.17, 15) is 19.5 Å². The smallest absolute Gasteiger partial charge is 0.320 e. The molecule has 6 aliphatic rings. The van der Waals surface area contributed by atoms with Crippen molar-refractivity contribution in [1.29, 1.82) is 0 Å². The third-order valence-electron chi connectivity index (χ3n) is 15.4. The average molecular weight is 900 g/mol. The minimum Gasteiger partial charge on any atom is -0.507 e. The molecule has 6 fully saturated rings. The number of ether oxygens (including phenoxy) is 2. The lowest BCUT2D eigenvalue weighted by molar-refractivity contribution is -0.134. The van der Waals surface area contributed by atoms with Gasteiger partial charge >= 0.3 is 6.03 Å². The van der Waals surface area contributed by atoms with Crippen molar-refractivity contribution in [1.82, 2.24) is 29.8 Å². The summed E-state index contributed by atoms with van der Waals surface area (Å²) in [6, 6.07) is 27.0. The summed E-state index contributed by atoms with van der Waals surface area (Å²) in [6.45, 7) is 9.24. The molecule has 4 N–H and O–H groups in total. The standard InChI is InChI=1S/C50H62N10O6/c1-33-15-21-57(45-29-43(53-54-48(45)51)42-11-3-4-12-46(42)61)24-18-39-30-60(33,39)38-9-6-10-41(28-38)66-40-19-25-58(26-20-40)50(64)59(37-31-65-32-37)34-16-22-56(23-17-34)36-8-5-7-35(27-36)55(2)44-13-14-47(62)52-49(44)63/h3-12,27-29,33-34,37,39-40,44H,13-26,30-32H2,1-2H3,(H3-,51,52,53,54,61,62,63)/p+1/t33-,39-,44?,60?/m0/s1. The molecule has 66 heavy (non-hydrogen) atoms. The Morgan fingerprint density at radius 1 is 0.848 bits per heavy atom. The number of quaternary nitrogens is 1. The van der Waals surface area contributed by atoms with Gasteiger partial charge in [0, 0.05) is 107 Å². The lowest BCUT2D eigenvalue weighted by Crippen LogP contribution is -2.62. The molecule has 2 unspecified atom stereocenters. The summed E-state index contributed by atoms with van der Waals surface area (Å²) >= 11 is 0. The van der Waals surface area contributed by atoms with E-state index in [0.29, 0.717) is 68.3 Å². The molecule has 6 aliphatic heterocycles. The molecular weight excluding hydrogens is 837 g/mol. The molecule has 1 aromatic heterocycles. The van der Waals surface area contributed by atoms with E-state index in [2.05, 4.69) is 73.5 Å². The van der Waals surface area contributed by atoms with Crippen LogP contribution in [0.1, 0.15) is 58.3 Å². The number of nitrogens with two attached hydrogens (primary N) is 1. The second-order valence-corrected chi connectivity index (χ2v) is 19.2. The zero-order valence-electron chi connectivity index (χ0n) is 38.1. The molecule has 0 bridgehead atoms. The van der Waals surface area contributed by atoms with Gasteiger partial charge in [0.15, 0.2) is 5.82 Å². The molecule has 6 saturated heterocycles. The Bertz CT molecular complexity index is 2440. The normalized spacial score (nSPS) is 25.2. The van der Waals surface area contributed by atoms with Gasteiger partial charge in [0.05, 0.1) is 36.7 Å². The fraction of sp³-hybridized carbons (Fsp3) is 0.500. The number of hydrogen-bond donors (Lipinski definition) is 3. The van der Waals surface area contributed by atoms with Crippen LogP contribution < -0.4 is 35.0 Å². The summed E-state index contributed by atoms with van der Waals surface area (Å²) in [6.07, 6.45) is 6.14. The maximum atomic E-state index is 14.4. The average Bonchev–Trinajstić information content (AvgIpc) is 4.05. The van der Waals surface area contributed by atoms with Crippen LogP contribution in [-0.2, 0) is 14.3 Å². The van der Waals surface area contributed by atoms with Crippen molar-refractivity contribution in [2.24, 2.45) is 0 Å². The number of hydrogen-bond acceptors (Lipinski definition) is 12. The predicted octanol–water partition coefficient (Wildman–Crippen LogP) is 5.38. The van der Waals surface area contributed by atoms with E-state index in [1.54, 1.807) is 12.1 Å². The number of anilines is 4. The Balaban J connectivity index is 0.730. The van der Waals surface area contributed by atoms with Crippen LogP contribution in [0.15, 0.2) is 78.9 Å². The Kier molecular flexibility index (Phi) is 12.1. The van der Waals surface area contributed by atoms with E-state index >= 15 is 0 Å². The number of aromatic nitrogens is 2. The summed E-state index contributed by atoms with van der Waals surface area (Å²) in [5, 5.41) is 21.5. The fourth-order valence-electron chi connectivity index (χ4n) is 11.3. The number of nitrogen functional groups attached to an aromatic ring is 1. The molecule has 0 spiro atoms. The third-order valence-corrected chi connectivity index (χ3v) is 15.4. The van der Waals surface area contributed by atoms with Crippen molar-refractivity contribution in [3.05, 3.63) is 78.9 Å². The van der Waals surface area contributed by atoms with Crippen LogP contribution in [0.2, 0.25) is 0 Å². The first-order valence-corrected chi connectivity index (χ1v) is 23.9. The number of aromatic hydroxyl groups is 1. The van der Waals surface area contributed by atoms with Crippen molar-refractivity contribution < 1.29 is 29.0 Å². The molecule has 16 heteroatoms. The number of carbonyl (C=O) groups is 3. The number of rotatable bonds is 10. The van der Waals surface area contributed by atoms with Gasteiger partial charge in [0.25, 0.3) is 0 Å². The molecule has 3 aromatic carbocycles. The van der Waals surface area contributed by atoms with E-state index in [0.717, 1.165) is 98.5 Å². The first kappa shape index (κ1) is 43.7. The molecule has 16 nitrogen and oxygen atoms in total. The maximum Gasteiger partial charge on any atom is 0.320 e. The number of phenols is 1. The van der Waals surface area contributed by atoms with Gasteiger partial charge < -0.3 is 44.8 Å². The first-order chi connectivity index (χ1) is 32.0. The molecule has 4 aromatic rings. The van der Waals surface area contributed by atoms with Gasteiger partial charge in [0.2, 0.25) is 11.8 Å². The number of likely N-dealkylation sites (tertiary alicyclic amines) is 1. The monoisotopic (exact) mass is 899 g/mol. The Hall–Kier alpha value is -6.13. The molecule has 0 saturated carbocycles. The highest BCUT2D eigenvalue weighted by molar-refractivity contribution is 6.01. The number of imide groups is 1. The Morgan fingerprint density at radius 3 is 2.36 bits per heavy atom. The van der Waals surface area contributed by atoms with Gasteiger partial charge in [-0.25, -0.2) is 4.79 Å². The number of para-hydroxylation sites is 1. The molecular formula is C50H63N10O6+. The minimum absolute atomic E-state index is 0.0308. The molecule has 0 aliphatic carbocycles. The second kappa shape index (κ2) is 18.3. The Labute approximate surface area is 386 Å².